The first-order chi connectivity index (χ1) is 9.51. The lowest BCUT2D eigenvalue weighted by Crippen LogP contribution is -2.15. The number of rotatable bonds is 6. The van der Waals surface area contributed by atoms with Gasteiger partial charge in [0.05, 0.1) is 0 Å². The molecule has 110 valence electrons. The van der Waals surface area contributed by atoms with Gasteiger partial charge in [-0.1, -0.05) is 19.4 Å². The van der Waals surface area contributed by atoms with E-state index in [0.717, 1.165) is 12.0 Å². The van der Waals surface area contributed by atoms with E-state index in [4.69, 9.17) is 10.5 Å². The second kappa shape index (κ2) is 7.55. The highest BCUT2D eigenvalue weighted by Crippen LogP contribution is 2.31. The molecule has 20 heavy (non-hydrogen) atoms. The molecule has 1 aromatic rings. The molecule has 0 heterocycles. The molecule has 5 nitrogen and oxygen atoms in total. The monoisotopic (exact) mass is 279 g/mol. The summed E-state index contributed by atoms with van der Waals surface area (Å²) in [5, 5.41) is 18.9. The van der Waals surface area contributed by atoms with Crippen molar-refractivity contribution >= 4 is 11.5 Å². The van der Waals surface area contributed by atoms with Crippen LogP contribution in [0.15, 0.2) is 23.8 Å². The average Bonchev–Trinajstić information content (AvgIpc) is 2.44. The Hall–Kier alpha value is -2.01. The third kappa shape index (κ3) is 3.99. The number of allylic oxidation sites excluding steroid dienone is 1. The van der Waals surface area contributed by atoms with Crippen LogP contribution >= 0.6 is 0 Å². The first-order valence-corrected chi connectivity index (χ1v) is 6.60. The third-order valence-corrected chi connectivity index (χ3v) is 2.93. The Kier molecular flexibility index (Phi) is 6.06. The van der Waals surface area contributed by atoms with Crippen LogP contribution in [0.2, 0.25) is 0 Å². The minimum Gasteiger partial charge on any atom is -0.504 e. The van der Waals surface area contributed by atoms with Gasteiger partial charge in [-0.15, -0.1) is 0 Å². The van der Waals surface area contributed by atoms with E-state index in [-0.39, 0.29) is 24.7 Å². The van der Waals surface area contributed by atoms with Gasteiger partial charge >= 0.3 is 5.97 Å². The molecular weight excluding hydrogens is 258 g/mol. The number of carbonyl (C=O) groups excluding carboxylic acids is 1. The van der Waals surface area contributed by atoms with Crippen molar-refractivity contribution in [3.05, 3.63) is 29.3 Å². The number of phenols is 2. The number of benzene rings is 1. The largest absolute Gasteiger partial charge is 0.504 e. The summed E-state index contributed by atoms with van der Waals surface area (Å²) < 4.78 is 5.02. The molecule has 1 rings (SSSR count). The number of esters is 1. The van der Waals surface area contributed by atoms with E-state index < -0.39 is 5.97 Å². The van der Waals surface area contributed by atoms with Crippen molar-refractivity contribution in [1.29, 1.82) is 0 Å². The molecule has 0 unspecified atom stereocenters. The van der Waals surface area contributed by atoms with Gasteiger partial charge in [-0.05, 0) is 36.6 Å². The lowest BCUT2D eigenvalue weighted by molar-refractivity contribution is -0.138. The van der Waals surface area contributed by atoms with Crippen molar-refractivity contribution in [2.75, 3.05) is 13.2 Å². The zero-order valence-corrected chi connectivity index (χ0v) is 11.8. The molecule has 0 atom stereocenters. The second-order valence-electron chi connectivity index (χ2n) is 4.48. The molecule has 0 radical (unpaired) electrons. The van der Waals surface area contributed by atoms with E-state index in [0.29, 0.717) is 17.6 Å². The number of nitrogens with two attached hydrogens (primary N) is 1. The minimum atomic E-state index is -0.411. The number of aromatic hydroxyl groups is 2. The van der Waals surface area contributed by atoms with Crippen LogP contribution in [0.3, 0.4) is 0 Å². The predicted molar refractivity (Wildman–Crippen MR) is 77.3 cm³/mol. The molecule has 0 saturated carbocycles. The van der Waals surface area contributed by atoms with Crippen molar-refractivity contribution in [3.8, 4) is 11.5 Å². The highest BCUT2D eigenvalue weighted by molar-refractivity contribution is 5.97. The van der Waals surface area contributed by atoms with Gasteiger partial charge < -0.3 is 20.7 Å². The van der Waals surface area contributed by atoms with Gasteiger partial charge in [0.25, 0.3) is 0 Å². The third-order valence-electron chi connectivity index (χ3n) is 2.93. The minimum absolute atomic E-state index is 0.177. The lowest BCUT2D eigenvalue weighted by Gasteiger charge is -2.12. The van der Waals surface area contributed by atoms with Crippen molar-refractivity contribution in [3.63, 3.8) is 0 Å². The Morgan fingerprint density at radius 3 is 2.55 bits per heavy atom. The smallest absolute Gasteiger partial charge is 0.334 e. The molecule has 0 aliphatic heterocycles. The Morgan fingerprint density at radius 2 is 2.00 bits per heavy atom. The fraction of sp³-hybridized carbons (Fsp3) is 0.400. The highest BCUT2D eigenvalue weighted by atomic mass is 16.5. The van der Waals surface area contributed by atoms with Gasteiger partial charge in [-0.2, -0.15) is 0 Å². The van der Waals surface area contributed by atoms with Crippen LogP contribution in [0, 0.1) is 0 Å². The first kappa shape index (κ1) is 16.0. The average molecular weight is 279 g/mol. The summed E-state index contributed by atoms with van der Waals surface area (Å²) in [6, 6.07) is 4.51. The molecule has 1 aromatic carbocycles. The quantitative estimate of drug-likeness (QED) is 0.421. The SMILES string of the molecule is CCCC(=C(C)C(=O)OCCN)c1ccc(O)c(O)c1. The van der Waals surface area contributed by atoms with Gasteiger partial charge in [-0.3, -0.25) is 0 Å². The van der Waals surface area contributed by atoms with Gasteiger partial charge in [0.15, 0.2) is 11.5 Å². The van der Waals surface area contributed by atoms with E-state index in [1.165, 1.54) is 12.1 Å². The summed E-state index contributed by atoms with van der Waals surface area (Å²) in [6.07, 6.45) is 1.52. The number of carbonyl (C=O) groups is 1. The van der Waals surface area contributed by atoms with Crippen molar-refractivity contribution in [1.82, 2.24) is 0 Å². The van der Waals surface area contributed by atoms with Crippen molar-refractivity contribution in [2.45, 2.75) is 26.7 Å². The van der Waals surface area contributed by atoms with Gasteiger partial charge in [0, 0.05) is 12.1 Å². The Balaban J connectivity index is 3.14. The van der Waals surface area contributed by atoms with E-state index in [1.807, 2.05) is 6.92 Å². The standard InChI is InChI=1S/C15H21NO4/c1-3-4-12(10(2)15(19)20-8-7-16)11-5-6-13(17)14(18)9-11/h5-6,9,17-18H,3-4,7-8,16H2,1-2H3. The number of hydrogen-bond acceptors (Lipinski definition) is 5. The van der Waals surface area contributed by atoms with Crippen LogP contribution in [-0.4, -0.2) is 29.3 Å². The predicted octanol–water partition coefficient (Wildman–Crippen LogP) is 2.17. The Labute approximate surface area is 118 Å². The second-order valence-corrected chi connectivity index (χ2v) is 4.48. The molecule has 0 aromatic heterocycles. The summed E-state index contributed by atoms with van der Waals surface area (Å²) in [5.74, 6) is -0.807. The first-order valence-electron chi connectivity index (χ1n) is 6.60. The van der Waals surface area contributed by atoms with E-state index in [9.17, 15) is 15.0 Å². The normalized spacial score (nSPS) is 11.9. The van der Waals surface area contributed by atoms with E-state index in [2.05, 4.69) is 0 Å². The summed E-state index contributed by atoms with van der Waals surface area (Å²) in [5.41, 5.74) is 7.29. The summed E-state index contributed by atoms with van der Waals surface area (Å²) in [7, 11) is 0. The van der Waals surface area contributed by atoms with Crippen LogP contribution in [0.5, 0.6) is 11.5 Å². The van der Waals surface area contributed by atoms with Crippen LogP contribution in [0.4, 0.5) is 0 Å². The molecular formula is C15H21NO4. The number of phenolic OH excluding ortho intramolecular Hbond substituents is 2. The lowest BCUT2D eigenvalue weighted by atomic mass is 9.96. The van der Waals surface area contributed by atoms with Crippen LogP contribution in [0.1, 0.15) is 32.3 Å². The van der Waals surface area contributed by atoms with Crippen LogP contribution in [0.25, 0.3) is 5.57 Å². The Morgan fingerprint density at radius 1 is 1.30 bits per heavy atom. The molecule has 0 spiro atoms. The molecule has 4 N–H and O–H groups in total. The summed E-state index contributed by atoms with van der Waals surface area (Å²) in [4.78, 5) is 11.9. The molecule has 5 heteroatoms. The fourth-order valence-corrected chi connectivity index (χ4v) is 1.89. The zero-order chi connectivity index (χ0) is 15.1. The topological polar surface area (TPSA) is 92.8 Å². The van der Waals surface area contributed by atoms with E-state index in [1.54, 1.807) is 13.0 Å². The molecule has 0 bridgehead atoms. The maximum Gasteiger partial charge on any atom is 0.334 e. The molecule has 0 aliphatic carbocycles. The molecule has 0 aliphatic rings. The number of hydrogen-bond donors (Lipinski definition) is 3. The molecule has 0 fully saturated rings. The fourth-order valence-electron chi connectivity index (χ4n) is 1.89. The maximum atomic E-state index is 11.9. The van der Waals surface area contributed by atoms with Gasteiger partial charge in [0.2, 0.25) is 0 Å². The van der Waals surface area contributed by atoms with Crippen LogP contribution < -0.4 is 5.73 Å². The van der Waals surface area contributed by atoms with Crippen molar-refractivity contribution < 1.29 is 19.7 Å². The summed E-state index contributed by atoms with van der Waals surface area (Å²) in [6.45, 7) is 4.14. The van der Waals surface area contributed by atoms with Crippen LogP contribution in [-0.2, 0) is 9.53 Å². The maximum absolute atomic E-state index is 11.9. The molecule has 0 saturated heterocycles. The number of ether oxygens (including phenoxy) is 1. The zero-order valence-electron chi connectivity index (χ0n) is 11.8. The highest BCUT2D eigenvalue weighted by Gasteiger charge is 2.14. The van der Waals surface area contributed by atoms with Gasteiger partial charge in [-0.25, -0.2) is 4.79 Å². The van der Waals surface area contributed by atoms with Gasteiger partial charge in [0.1, 0.15) is 6.61 Å². The Bertz CT molecular complexity index is 509. The summed E-state index contributed by atoms with van der Waals surface area (Å²) >= 11 is 0. The van der Waals surface area contributed by atoms with E-state index >= 15 is 0 Å². The molecule has 0 amide bonds. The van der Waals surface area contributed by atoms with Crippen molar-refractivity contribution in [2.24, 2.45) is 5.73 Å².